The van der Waals surface area contributed by atoms with Gasteiger partial charge in [-0.2, -0.15) is 13.2 Å². The Hall–Kier alpha value is -4.20. The molecule has 4 N–H and O–H groups in total. The number of rotatable bonds is 8. The number of amides is 2. The Morgan fingerprint density at radius 3 is 2.49 bits per heavy atom. The van der Waals surface area contributed by atoms with Crippen molar-refractivity contribution in [1.82, 2.24) is 15.3 Å². The molecule has 9 nitrogen and oxygen atoms in total. The summed E-state index contributed by atoms with van der Waals surface area (Å²) in [6.45, 7) is 1.32. The van der Waals surface area contributed by atoms with Gasteiger partial charge in [-0.1, -0.05) is 23.2 Å². The molecule has 2 aromatic heterocycles. The van der Waals surface area contributed by atoms with Crippen molar-refractivity contribution in [2.45, 2.75) is 50.0 Å². The Labute approximate surface area is 275 Å². The highest BCUT2D eigenvalue weighted by atomic mass is 35.5. The molecule has 2 atom stereocenters. The van der Waals surface area contributed by atoms with Gasteiger partial charge in [-0.25, -0.2) is 14.4 Å². The predicted molar refractivity (Wildman–Crippen MR) is 164 cm³/mol. The molecular formula is C32H26Cl2F4N4O5. The topological polar surface area (TPSA) is 137 Å². The first-order valence-corrected chi connectivity index (χ1v) is 15.1. The molecule has 6 rings (SSSR count). The molecule has 246 valence electrons. The van der Waals surface area contributed by atoms with Crippen LogP contribution in [0.2, 0.25) is 10.0 Å². The number of pyridine rings is 2. The van der Waals surface area contributed by atoms with E-state index < -0.39 is 47.1 Å². The summed E-state index contributed by atoms with van der Waals surface area (Å²) in [7, 11) is 0. The minimum absolute atomic E-state index is 0.0321. The number of aryl methyl sites for hydroxylation is 1. The molecule has 0 saturated heterocycles. The second-order valence-electron chi connectivity index (χ2n) is 11.8. The van der Waals surface area contributed by atoms with E-state index in [1.165, 1.54) is 25.1 Å². The molecule has 2 aromatic carbocycles. The summed E-state index contributed by atoms with van der Waals surface area (Å²) in [6, 6.07) is 8.29. The van der Waals surface area contributed by atoms with Crippen molar-refractivity contribution in [3.05, 3.63) is 80.8 Å². The zero-order valence-corrected chi connectivity index (χ0v) is 26.3. The Balaban J connectivity index is 1.42. The van der Waals surface area contributed by atoms with Gasteiger partial charge in [0, 0.05) is 22.1 Å². The molecule has 2 aliphatic rings. The van der Waals surface area contributed by atoms with Crippen molar-refractivity contribution in [2.24, 2.45) is 5.73 Å². The second kappa shape index (κ2) is 11.5. The van der Waals surface area contributed by atoms with E-state index in [1.807, 2.05) is 0 Å². The number of benzene rings is 2. The molecule has 4 aromatic rings. The molecule has 1 aliphatic carbocycles. The standard InChI is InChI=1S/C32H26Cl2F4N4O5/c1-14-21(33)8-15-7-16(9-23(25(15)41-14)47-18-4-5-18)28(43)40-12-31(45,32(36,37)38)24-11-20-27(46-13-30(20,2)29(39)44)26(42-24)19-6-3-17(35)10-22(19)34/h3,6-11,18,45H,4-5,12-13H2,1-2H3,(H2,39,44)(H,40,43)/t30-,31-/m0/s1. The highest BCUT2D eigenvalue weighted by Crippen LogP contribution is 2.48. The average Bonchev–Trinajstić information content (AvgIpc) is 3.75. The van der Waals surface area contributed by atoms with E-state index in [2.05, 4.69) is 15.3 Å². The number of aliphatic hydroxyl groups is 1. The number of nitrogens with one attached hydrogen (secondary N) is 1. The van der Waals surface area contributed by atoms with E-state index in [9.17, 15) is 32.3 Å². The maximum absolute atomic E-state index is 14.8. The molecular weight excluding hydrogens is 667 g/mol. The van der Waals surface area contributed by atoms with Gasteiger partial charge in [0.1, 0.15) is 40.5 Å². The first-order chi connectivity index (χ1) is 22.0. The van der Waals surface area contributed by atoms with Crippen LogP contribution >= 0.6 is 23.2 Å². The van der Waals surface area contributed by atoms with Gasteiger partial charge in [0.25, 0.3) is 5.91 Å². The first-order valence-electron chi connectivity index (χ1n) is 14.3. The van der Waals surface area contributed by atoms with Crippen LogP contribution in [-0.2, 0) is 15.8 Å². The number of hydrogen-bond donors (Lipinski definition) is 3. The van der Waals surface area contributed by atoms with Crippen LogP contribution in [-0.4, -0.2) is 52.3 Å². The summed E-state index contributed by atoms with van der Waals surface area (Å²) in [5, 5.41) is 14.0. The highest BCUT2D eigenvalue weighted by Gasteiger charge is 2.58. The van der Waals surface area contributed by atoms with Crippen LogP contribution in [0.25, 0.3) is 22.2 Å². The van der Waals surface area contributed by atoms with Crippen LogP contribution in [0.1, 0.15) is 47.1 Å². The van der Waals surface area contributed by atoms with Crippen molar-refractivity contribution in [3.8, 4) is 22.8 Å². The van der Waals surface area contributed by atoms with Crippen LogP contribution < -0.4 is 20.5 Å². The van der Waals surface area contributed by atoms with Crippen molar-refractivity contribution >= 4 is 45.9 Å². The monoisotopic (exact) mass is 692 g/mol. The number of aromatic nitrogens is 2. The van der Waals surface area contributed by atoms with Crippen molar-refractivity contribution in [1.29, 1.82) is 0 Å². The number of ether oxygens (including phenoxy) is 2. The summed E-state index contributed by atoms with van der Waals surface area (Å²) < 4.78 is 70.0. The summed E-state index contributed by atoms with van der Waals surface area (Å²) in [4.78, 5) is 34.4. The third kappa shape index (κ3) is 5.80. The van der Waals surface area contributed by atoms with E-state index >= 15 is 0 Å². The van der Waals surface area contributed by atoms with Crippen LogP contribution in [0, 0.1) is 12.7 Å². The maximum Gasteiger partial charge on any atom is 0.424 e. The molecule has 47 heavy (non-hydrogen) atoms. The third-order valence-corrected chi connectivity index (χ3v) is 8.99. The Morgan fingerprint density at radius 2 is 1.85 bits per heavy atom. The van der Waals surface area contributed by atoms with Crippen molar-refractivity contribution in [3.63, 3.8) is 0 Å². The number of carbonyl (C=O) groups excluding carboxylic acids is 2. The van der Waals surface area contributed by atoms with Gasteiger partial charge in [0.15, 0.2) is 0 Å². The number of hydrogen-bond acceptors (Lipinski definition) is 7. The molecule has 1 fully saturated rings. The van der Waals surface area contributed by atoms with Crippen LogP contribution in [0.5, 0.6) is 11.5 Å². The van der Waals surface area contributed by atoms with Gasteiger partial charge in [0.2, 0.25) is 11.5 Å². The van der Waals surface area contributed by atoms with Crippen LogP contribution in [0.3, 0.4) is 0 Å². The lowest BCUT2D eigenvalue weighted by atomic mass is 9.81. The average molecular weight is 693 g/mol. The smallest absolute Gasteiger partial charge is 0.424 e. The molecule has 0 unspecified atom stereocenters. The molecule has 1 saturated carbocycles. The number of primary amides is 1. The van der Waals surface area contributed by atoms with E-state index in [0.717, 1.165) is 31.0 Å². The predicted octanol–water partition coefficient (Wildman–Crippen LogP) is 5.91. The van der Waals surface area contributed by atoms with Crippen LogP contribution in [0.4, 0.5) is 17.6 Å². The number of nitrogens with two attached hydrogens (primary N) is 1. The largest absolute Gasteiger partial charge is 0.489 e. The number of alkyl halides is 3. The van der Waals surface area contributed by atoms with E-state index in [4.69, 9.17) is 38.4 Å². The fourth-order valence-electron chi connectivity index (χ4n) is 5.22. The zero-order valence-electron chi connectivity index (χ0n) is 24.8. The van der Waals surface area contributed by atoms with E-state index in [0.29, 0.717) is 21.6 Å². The van der Waals surface area contributed by atoms with Gasteiger partial charge in [-0.15, -0.1) is 0 Å². The van der Waals surface area contributed by atoms with Crippen molar-refractivity contribution in [2.75, 3.05) is 13.2 Å². The van der Waals surface area contributed by atoms with Gasteiger partial charge < -0.3 is 25.6 Å². The lowest BCUT2D eigenvalue weighted by Crippen LogP contribution is -2.51. The second-order valence-corrected chi connectivity index (χ2v) is 12.6. The van der Waals surface area contributed by atoms with Gasteiger partial charge in [0.05, 0.1) is 34.1 Å². The fourth-order valence-corrected chi connectivity index (χ4v) is 5.63. The lowest BCUT2D eigenvalue weighted by molar-refractivity contribution is -0.265. The Morgan fingerprint density at radius 1 is 1.13 bits per heavy atom. The number of fused-ring (bicyclic) bond motifs is 2. The molecule has 0 spiro atoms. The van der Waals surface area contributed by atoms with Gasteiger partial charge in [-0.3, -0.25) is 9.59 Å². The first kappa shape index (κ1) is 32.7. The zero-order chi connectivity index (χ0) is 34.1. The van der Waals surface area contributed by atoms with Gasteiger partial charge >= 0.3 is 6.18 Å². The summed E-state index contributed by atoms with van der Waals surface area (Å²) in [5.74, 6) is -2.47. The minimum Gasteiger partial charge on any atom is -0.489 e. The summed E-state index contributed by atoms with van der Waals surface area (Å²) in [5.41, 5.74) is -0.346. The maximum atomic E-state index is 14.8. The van der Waals surface area contributed by atoms with Crippen LogP contribution in [0.15, 0.2) is 42.5 Å². The van der Waals surface area contributed by atoms with Crippen molar-refractivity contribution < 1.29 is 41.7 Å². The highest BCUT2D eigenvalue weighted by molar-refractivity contribution is 6.33. The summed E-state index contributed by atoms with van der Waals surface area (Å²) in [6.07, 6.45) is -3.91. The molecule has 3 heterocycles. The number of carbonyl (C=O) groups is 2. The molecule has 0 bridgehead atoms. The Kier molecular flexibility index (Phi) is 8.01. The van der Waals surface area contributed by atoms with E-state index in [-0.39, 0.29) is 51.6 Å². The molecule has 2 amide bonds. The lowest BCUT2D eigenvalue weighted by Gasteiger charge is -2.31. The molecule has 15 heteroatoms. The van der Waals surface area contributed by atoms with E-state index in [1.54, 1.807) is 13.0 Å². The third-order valence-electron chi connectivity index (χ3n) is 8.29. The summed E-state index contributed by atoms with van der Waals surface area (Å²) >= 11 is 12.5. The molecule has 1 aliphatic heterocycles. The van der Waals surface area contributed by atoms with Gasteiger partial charge in [-0.05, 0) is 69.2 Å². The normalized spacial score (nSPS) is 18.7. The molecule has 0 radical (unpaired) electrons. The number of nitrogens with zero attached hydrogens (tertiary/aromatic N) is 2. The quantitative estimate of drug-likeness (QED) is 0.195. The number of halogens is 6. The fraction of sp³-hybridized carbons (Fsp3) is 0.312. The Bertz CT molecular complexity index is 1970. The minimum atomic E-state index is -5.41. The SMILES string of the molecule is Cc1nc2c(OC3CC3)cc(C(=O)NC[C@](O)(c3cc4c(c(-c5ccc(F)cc5Cl)n3)OC[C@]4(C)C(N)=O)C(F)(F)F)cc2cc1Cl.